The Bertz CT molecular complexity index is 112. The monoisotopic (exact) mass is 125 g/mol. The summed E-state index contributed by atoms with van der Waals surface area (Å²) in [5, 5.41) is 9.03. The molecule has 9 heavy (non-hydrogen) atoms. The van der Waals surface area contributed by atoms with Crippen LogP contribution in [0.15, 0.2) is 0 Å². The van der Waals surface area contributed by atoms with E-state index in [9.17, 15) is 0 Å². The molecule has 0 unspecified atom stereocenters. The van der Waals surface area contributed by atoms with Gasteiger partial charge in [-0.3, -0.25) is 0 Å². The van der Waals surface area contributed by atoms with Crippen molar-refractivity contribution in [2.24, 2.45) is 5.41 Å². The van der Waals surface area contributed by atoms with E-state index in [-0.39, 0.29) is 0 Å². The summed E-state index contributed by atoms with van der Waals surface area (Å²) in [6.07, 6.45) is 6.38. The zero-order valence-electron chi connectivity index (χ0n) is 5.69. The molecule has 0 aromatic rings. The predicted octanol–water partition coefficient (Wildman–Crippen LogP) is 1.52. The summed E-state index contributed by atoms with van der Waals surface area (Å²) < 4.78 is 0. The molecule has 2 aliphatic rings. The molecule has 2 rings (SSSR count). The van der Waals surface area contributed by atoms with Gasteiger partial charge in [-0.2, -0.15) is 0 Å². The fourth-order valence-electron chi connectivity index (χ4n) is 2.23. The van der Waals surface area contributed by atoms with E-state index >= 15 is 0 Å². The van der Waals surface area contributed by atoms with Gasteiger partial charge in [0.05, 0.1) is 31.8 Å². The Morgan fingerprint density at radius 3 is 2.22 bits per heavy atom. The van der Waals surface area contributed by atoms with Crippen molar-refractivity contribution in [3.8, 4) is 0 Å². The van der Waals surface area contributed by atoms with E-state index in [1.165, 1.54) is 32.1 Å². The molecule has 0 spiro atoms. The molecule has 1 N–H and O–H groups in total. The second-order valence-electron chi connectivity index (χ2n) is 3.58. The molecule has 0 radical (unpaired) electrons. The summed E-state index contributed by atoms with van der Waals surface area (Å²) in [4.78, 5) is 0. The quantitative estimate of drug-likeness (QED) is 0.527. The molecule has 1 nitrogen and oxygen atoms in total. The van der Waals surface area contributed by atoms with Crippen LogP contribution in [0.3, 0.4) is 0 Å². The standard InChI is InChI=1S/C8H13O/c9-6-8-3-1-7(5-8)2-4-8/h9H,1-6H2/q+1. The normalized spacial score (nSPS) is 29.7. The third kappa shape index (κ3) is 0.677. The fourth-order valence-corrected chi connectivity index (χ4v) is 2.23. The van der Waals surface area contributed by atoms with Gasteiger partial charge in [0.1, 0.15) is 0 Å². The van der Waals surface area contributed by atoms with Gasteiger partial charge in [0.2, 0.25) is 0 Å². The fraction of sp³-hybridized carbons (Fsp3) is 0.875. The Labute approximate surface area is 56.1 Å². The minimum absolute atomic E-state index is 0.370. The lowest BCUT2D eigenvalue weighted by Gasteiger charge is -2.17. The molecule has 0 aliphatic heterocycles. The molecule has 0 heterocycles. The van der Waals surface area contributed by atoms with Crippen molar-refractivity contribution in [1.29, 1.82) is 0 Å². The van der Waals surface area contributed by atoms with E-state index in [4.69, 9.17) is 5.11 Å². The van der Waals surface area contributed by atoms with Crippen LogP contribution in [0.1, 0.15) is 32.1 Å². The summed E-state index contributed by atoms with van der Waals surface area (Å²) in [5.41, 5.74) is 0.370. The number of aliphatic hydroxyl groups excluding tert-OH is 1. The number of hydrogen-bond acceptors (Lipinski definition) is 1. The number of fused-ring (bicyclic) bond motifs is 2. The molecule has 1 heteroatoms. The molecule has 2 bridgehead atoms. The first-order chi connectivity index (χ1) is 4.35. The maximum atomic E-state index is 9.03. The Morgan fingerprint density at radius 2 is 2.00 bits per heavy atom. The van der Waals surface area contributed by atoms with Crippen molar-refractivity contribution in [2.45, 2.75) is 32.1 Å². The van der Waals surface area contributed by atoms with E-state index in [1.807, 2.05) is 0 Å². The molecular weight excluding hydrogens is 112 g/mol. The highest BCUT2D eigenvalue weighted by Gasteiger charge is 2.52. The lowest BCUT2D eigenvalue weighted by molar-refractivity contribution is 0.133. The zero-order valence-corrected chi connectivity index (χ0v) is 5.69. The van der Waals surface area contributed by atoms with Crippen LogP contribution in [0.25, 0.3) is 0 Å². The van der Waals surface area contributed by atoms with Gasteiger partial charge in [0.15, 0.2) is 0 Å². The second-order valence-corrected chi connectivity index (χ2v) is 3.58. The van der Waals surface area contributed by atoms with Crippen molar-refractivity contribution < 1.29 is 5.11 Å². The van der Waals surface area contributed by atoms with Crippen molar-refractivity contribution in [1.82, 2.24) is 0 Å². The molecule has 2 saturated carbocycles. The summed E-state index contributed by atoms with van der Waals surface area (Å²) in [6.45, 7) is 0.427. The third-order valence-corrected chi connectivity index (χ3v) is 2.98. The van der Waals surface area contributed by atoms with Gasteiger partial charge in [0, 0.05) is 5.41 Å². The number of rotatable bonds is 1. The Kier molecular flexibility index (Phi) is 1.03. The smallest absolute Gasteiger partial charge is 0.0981 e. The maximum absolute atomic E-state index is 9.03. The Hall–Kier alpha value is -0.170. The van der Waals surface area contributed by atoms with Crippen LogP contribution in [0.4, 0.5) is 0 Å². The van der Waals surface area contributed by atoms with Crippen LogP contribution in [-0.4, -0.2) is 11.7 Å². The first-order valence-electron chi connectivity index (χ1n) is 3.79. The molecular formula is C8H13O+. The summed E-state index contributed by atoms with van der Waals surface area (Å²) in [6, 6.07) is 0. The predicted molar refractivity (Wildman–Crippen MR) is 35.8 cm³/mol. The van der Waals surface area contributed by atoms with Crippen molar-refractivity contribution in [2.75, 3.05) is 6.61 Å². The molecule has 2 fully saturated rings. The average molecular weight is 125 g/mol. The van der Waals surface area contributed by atoms with E-state index in [1.54, 1.807) is 5.92 Å². The van der Waals surface area contributed by atoms with E-state index in [0.717, 1.165) is 0 Å². The molecule has 50 valence electrons. The summed E-state index contributed by atoms with van der Waals surface area (Å²) in [5.74, 6) is 1.71. The molecule has 2 aliphatic carbocycles. The van der Waals surface area contributed by atoms with Crippen LogP contribution in [-0.2, 0) is 0 Å². The molecule has 0 saturated heterocycles. The highest BCUT2D eigenvalue weighted by Crippen LogP contribution is 2.54. The summed E-state index contributed by atoms with van der Waals surface area (Å²) in [7, 11) is 0. The lowest BCUT2D eigenvalue weighted by Crippen LogP contribution is -2.18. The first kappa shape index (κ1) is 5.60. The molecule has 0 amide bonds. The maximum Gasteiger partial charge on any atom is 0.0981 e. The van der Waals surface area contributed by atoms with Crippen LogP contribution in [0.2, 0.25) is 0 Å². The highest BCUT2D eigenvalue weighted by molar-refractivity contribution is 5.11. The van der Waals surface area contributed by atoms with Crippen molar-refractivity contribution in [3.05, 3.63) is 5.92 Å². The average Bonchev–Trinajstić information content (AvgIpc) is 2.46. The number of aliphatic hydroxyl groups is 1. The minimum Gasteiger partial charge on any atom is -0.396 e. The Morgan fingerprint density at radius 1 is 1.33 bits per heavy atom. The molecule has 0 atom stereocenters. The Balaban J connectivity index is 2.13. The van der Waals surface area contributed by atoms with E-state index in [2.05, 4.69) is 0 Å². The van der Waals surface area contributed by atoms with E-state index < -0.39 is 0 Å². The zero-order chi connectivity index (χ0) is 6.32. The van der Waals surface area contributed by atoms with Crippen LogP contribution in [0, 0.1) is 11.3 Å². The van der Waals surface area contributed by atoms with Crippen LogP contribution >= 0.6 is 0 Å². The van der Waals surface area contributed by atoms with Crippen LogP contribution < -0.4 is 0 Å². The van der Waals surface area contributed by atoms with Gasteiger partial charge in [-0.05, 0) is 12.8 Å². The van der Waals surface area contributed by atoms with Gasteiger partial charge in [0.25, 0.3) is 0 Å². The second kappa shape index (κ2) is 1.66. The molecule has 0 aromatic carbocycles. The SMILES string of the molecule is OCC12CC[C+](CC1)C2. The highest BCUT2D eigenvalue weighted by atomic mass is 16.3. The minimum atomic E-state index is 0.370. The van der Waals surface area contributed by atoms with Crippen molar-refractivity contribution >= 4 is 0 Å². The first-order valence-corrected chi connectivity index (χ1v) is 3.79. The van der Waals surface area contributed by atoms with E-state index in [0.29, 0.717) is 12.0 Å². The number of hydrogen-bond donors (Lipinski definition) is 1. The topological polar surface area (TPSA) is 20.2 Å². The van der Waals surface area contributed by atoms with Gasteiger partial charge < -0.3 is 5.11 Å². The van der Waals surface area contributed by atoms with Gasteiger partial charge in [-0.25, -0.2) is 0 Å². The van der Waals surface area contributed by atoms with Gasteiger partial charge in [-0.1, -0.05) is 0 Å². The molecule has 0 aromatic heterocycles. The largest absolute Gasteiger partial charge is 0.396 e. The van der Waals surface area contributed by atoms with Crippen LogP contribution in [0.5, 0.6) is 0 Å². The van der Waals surface area contributed by atoms with Crippen molar-refractivity contribution in [3.63, 3.8) is 0 Å². The third-order valence-electron chi connectivity index (χ3n) is 2.98. The lowest BCUT2D eigenvalue weighted by atomic mass is 9.85. The van der Waals surface area contributed by atoms with Gasteiger partial charge >= 0.3 is 0 Å². The summed E-state index contributed by atoms with van der Waals surface area (Å²) >= 11 is 0. The van der Waals surface area contributed by atoms with Gasteiger partial charge in [-0.15, -0.1) is 0 Å².